The van der Waals surface area contributed by atoms with Crippen molar-refractivity contribution in [2.45, 2.75) is 11.1 Å². The van der Waals surface area contributed by atoms with Gasteiger partial charge < -0.3 is 11.1 Å². The van der Waals surface area contributed by atoms with E-state index in [-0.39, 0.29) is 17.5 Å². The molecule has 0 radical (unpaired) electrons. The standard InChI is InChI=1S/C12H12FN3OS2/c1-7-2-3-8(13)4-9(7)16-10(17)6-18-11-5-15-12(14)19-11/h2-5H,6H2,1H3,(H2,14,15)(H,16,17). The van der Waals surface area contributed by atoms with Gasteiger partial charge in [-0.15, -0.1) is 11.8 Å². The first-order valence-electron chi connectivity index (χ1n) is 5.44. The molecule has 0 saturated heterocycles. The highest BCUT2D eigenvalue weighted by Crippen LogP contribution is 2.26. The molecule has 0 aliphatic rings. The van der Waals surface area contributed by atoms with Gasteiger partial charge >= 0.3 is 0 Å². The minimum atomic E-state index is -0.371. The molecular formula is C12H12FN3OS2. The van der Waals surface area contributed by atoms with Crippen LogP contribution in [0.1, 0.15) is 5.56 Å². The van der Waals surface area contributed by atoms with Crippen molar-refractivity contribution >= 4 is 39.8 Å². The molecule has 0 spiro atoms. The Morgan fingerprint density at radius 1 is 1.58 bits per heavy atom. The van der Waals surface area contributed by atoms with Crippen molar-refractivity contribution in [1.82, 2.24) is 4.98 Å². The van der Waals surface area contributed by atoms with E-state index >= 15 is 0 Å². The number of nitrogen functional groups attached to an aromatic ring is 1. The maximum atomic E-state index is 13.1. The molecule has 1 aromatic carbocycles. The van der Waals surface area contributed by atoms with Crippen molar-refractivity contribution in [3.05, 3.63) is 35.8 Å². The lowest BCUT2D eigenvalue weighted by Crippen LogP contribution is -2.14. The molecule has 2 aromatic rings. The van der Waals surface area contributed by atoms with E-state index in [1.807, 2.05) is 6.92 Å². The van der Waals surface area contributed by atoms with E-state index in [2.05, 4.69) is 10.3 Å². The first kappa shape index (κ1) is 13.8. The van der Waals surface area contributed by atoms with Crippen LogP contribution in [0, 0.1) is 12.7 Å². The number of thioether (sulfide) groups is 1. The van der Waals surface area contributed by atoms with Crippen LogP contribution in [0.3, 0.4) is 0 Å². The number of carbonyl (C=O) groups excluding carboxylic acids is 1. The van der Waals surface area contributed by atoms with Crippen molar-refractivity contribution in [1.29, 1.82) is 0 Å². The van der Waals surface area contributed by atoms with E-state index in [4.69, 9.17) is 5.73 Å². The monoisotopic (exact) mass is 297 g/mol. The van der Waals surface area contributed by atoms with Crippen molar-refractivity contribution < 1.29 is 9.18 Å². The third kappa shape index (κ3) is 3.93. The van der Waals surface area contributed by atoms with Gasteiger partial charge in [-0.3, -0.25) is 4.79 Å². The van der Waals surface area contributed by atoms with Gasteiger partial charge in [-0.2, -0.15) is 0 Å². The van der Waals surface area contributed by atoms with E-state index in [9.17, 15) is 9.18 Å². The zero-order valence-corrected chi connectivity index (χ0v) is 11.8. The third-order valence-electron chi connectivity index (χ3n) is 2.32. The number of amides is 1. The van der Waals surface area contributed by atoms with Gasteiger partial charge in [0.25, 0.3) is 0 Å². The van der Waals surface area contributed by atoms with Gasteiger partial charge in [0, 0.05) is 5.69 Å². The molecule has 19 heavy (non-hydrogen) atoms. The summed E-state index contributed by atoms with van der Waals surface area (Å²) in [7, 11) is 0. The largest absolute Gasteiger partial charge is 0.375 e. The molecule has 0 bridgehead atoms. The summed E-state index contributed by atoms with van der Waals surface area (Å²) in [6.45, 7) is 1.81. The summed E-state index contributed by atoms with van der Waals surface area (Å²) < 4.78 is 14.0. The number of hydrogen-bond acceptors (Lipinski definition) is 5. The molecule has 1 heterocycles. The fourth-order valence-corrected chi connectivity index (χ4v) is 2.95. The Hall–Kier alpha value is -1.60. The highest BCUT2D eigenvalue weighted by atomic mass is 32.2. The maximum Gasteiger partial charge on any atom is 0.234 e. The maximum absolute atomic E-state index is 13.1. The molecule has 3 N–H and O–H groups in total. The number of anilines is 2. The Balaban J connectivity index is 1.92. The average Bonchev–Trinajstić information content (AvgIpc) is 2.77. The van der Waals surface area contributed by atoms with Crippen LogP contribution in [0.15, 0.2) is 28.6 Å². The summed E-state index contributed by atoms with van der Waals surface area (Å²) in [5, 5.41) is 3.16. The minimum absolute atomic E-state index is 0.189. The first-order chi connectivity index (χ1) is 9.04. The number of aryl methyl sites for hydroxylation is 1. The van der Waals surface area contributed by atoms with Crippen LogP contribution >= 0.6 is 23.1 Å². The van der Waals surface area contributed by atoms with E-state index in [0.29, 0.717) is 10.8 Å². The van der Waals surface area contributed by atoms with Crippen LogP contribution in [0.5, 0.6) is 0 Å². The Bertz CT molecular complexity index is 600. The van der Waals surface area contributed by atoms with Crippen molar-refractivity contribution in [2.24, 2.45) is 0 Å². The van der Waals surface area contributed by atoms with E-state index in [1.165, 1.54) is 35.2 Å². The number of thiazole rings is 1. The fraction of sp³-hybridized carbons (Fsp3) is 0.167. The quantitative estimate of drug-likeness (QED) is 0.851. The molecule has 2 rings (SSSR count). The van der Waals surface area contributed by atoms with Crippen molar-refractivity contribution in [3.8, 4) is 0 Å². The molecule has 4 nitrogen and oxygen atoms in total. The van der Waals surface area contributed by atoms with E-state index < -0.39 is 0 Å². The second kappa shape index (κ2) is 6.03. The second-order valence-electron chi connectivity index (χ2n) is 3.81. The number of nitrogens with one attached hydrogen (secondary N) is 1. The molecule has 1 amide bonds. The van der Waals surface area contributed by atoms with Gasteiger partial charge in [0.2, 0.25) is 5.91 Å². The number of nitrogens with zero attached hydrogens (tertiary/aromatic N) is 1. The normalized spacial score (nSPS) is 10.4. The average molecular weight is 297 g/mol. The Morgan fingerprint density at radius 3 is 3.05 bits per heavy atom. The first-order valence-corrected chi connectivity index (χ1v) is 7.25. The Kier molecular flexibility index (Phi) is 4.39. The highest BCUT2D eigenvalue weighted by Gasteiger charge is 2.08. The molecule has 7 heteroatoms. The van der Waals surface area contributed by atoms with Gasteiger partial charge in [0.1, 0.15) is 5.82 Å². The zero-order chi connectivity index (χ0) is 13.8. The van der Waals surface area contributed by atoms with Gasteiger partial charge in [-0.25, -0.2) is 9.37 Å². The number of rotatable bonds is 4. The van der Waals surface area contributed by atoms with Crippen LogP contribution in [-0.4, -0.2) is 16.6 Å². The molecule has 0 aliphatic heterocycles. The van der Waals surface area contributed by atoms with Crippen LogP contribution in [-0.2, 0) is 4.79 Å². The summed E-state index contributed by atoms with van der Waals surface area (Å²) in [4.78, 5) is 15.7. The van der Waals surface area contributed by atoms with Gasteiger partial charge in [-0.1, -0.05) is 17.4 Å². The van der Waals surface area contributed by atoms with Gasteiger partial charge in [0.15, 0.2) is 5.13 Å². The number of benzene rings is 1. The van der Waals surface area contributed by atoms with Crippen LogP contribution in [0.4, 0.5) is 15.2 Å². The predicted molar refractivity (Wildman–Crippen MR) is 77.0 cm³/mol. The molecule has 0 aliphatic carbocycles. The third-order valence-corrected chi connectivity index (χ3v) is 4.34. The van der Waals surface area contributed by atoms with Crippen LogP contribution in [0.2, 0.25) is 0 Å². The lowest BCUT2D eigenvalue weighted by molar-refractivity contribution is -0.113. The second-order valence-corrected chi connectivity index (χ2v) is 6.15. The van der Waals surface area contributed by atoms with Crippen molar-refractivity contribution in [2.75, 3.05) is 16.8 Å². The number of halogens is 1. The lowest BCUT2D eigenvalue weighted by atomic mass is 10.2. The smallest absolute Gasteiger partial charge is 0.234 e. The number of nitrogens with two attached hydrogens (primary N) is 1. The van der Waals surface area contributed by atoms with E-state index in [0.717, 1.165) is 9.77 Å². The molecule has 0 atom stereocenters. The number of hydrogen-bond donors (Lipinski definition) is 2. The zero-order valence-electron chi connectivity index (χ0n) is 10.1. The SMILES string of the molecule is Cc1ccc(F)cc1NC(=O)CSc1cnc(N)s1. The summed E-state index contributed by atoms with van der Waals surface area (Å²) in [5.41, 5.74) is 6.81. The molecule has 0 unspecified atom stereocenters. The summed E-state index contributed by atoms with van der Waals surface area (Å²) in [5.74, 6) is -0.327. The van der Waals surface area contributed by atoms with Crippen LogP contribution < -0.4 is 11.1 Å². The summed E-state index contributed by atoms with van der Waals surface area (Å²) in [6.07, 6.45) is 1.63. The van der Waals surface area contributed by atoms with Crippen molar-refractivity contribution in [3.63, 3.8) is 0 Å². The minimum Gasteiger partial charge on any atom is -0.375 e. The Labute approximate surface area is 118 Å². The van der Waals surface area contributed by atoms with Gasteiger partial charge in [0.05, 0.1) is 16.2 Å². The summed E-state index contributed by atoms with van der Waals surface area (Å²) in [6, 6.07) is 4.30. The van der Waals surface area contributed by atoms with Gasteiger partial charge in [-0.05, 0) is 24.6 Å². The Morgan fingerprint density at radius 2 is 2.37 bits per heavy atom. The molecular weight excluding hydrogens is 285 g/mol. The lowest BCUT2D eigenvalue weighted by Gasteiger charge is -2.07. The molecule has 100 valence electrons. The fourth-order valence-electron chi connectivity index (χ4n) is 1.39. The number of aromatic nitrogens is 1. The van der Waals surface area contributed by atoms with Crippen LogP contribution in [0.25, 0.3) is 0 Å². The molecule has 0 fully saturated rings. The highest BCUT2D eigenvalue weighted by molar-refractivity contribution is 8.01. The molecule has 1 aromatic heterocycles. The number of carbonyl (C=O) groups is 1. The predicted octanol–water partition coefficient (Wildman–Crippen LogP) is 2.90. The van der Waals surface area contributed by atoms with E-state index in [1.54, 1.807) is 12.3 Å². The summed E-state index contributed by atoms with van der Waals surface area (Å²) >= 11 is 2.68. The topological polar surface area (TPSA) is 68.0 Å². The molecule has 0 saturated carbocycles.